The standard InChI is InChI=1S/C30H44F3N3O5/c1-28(2,3)41-27(39)34-18-9-8-12-24(25(37)40-4)36(26(38)30(31,32)33)23-13-15-29(16-14-23)17-19-35(21-29)20-22-10-6-5-7-11-22/h5-7,10-11,23-24H,8-9,12-21H2,1-4H3,(H,34,39)/t23?,24-,29?/m1/s1. The second kappa shape index (κ2) is 13.9. The highest BCUT2D eigenvalue weighted by Gasteiger charge is 2.51. The molecule has 2 aliphatic rings. The molecular formula is C30H44F3N3O5. The number of amides is 2. The van der Waals surface area contributed by atoms with E-state index in [1.165, 1.54) is 5.56 Å². The van der Waals surface area contributed by atoms with E-state index in [2.05, 4.69) is 22.3 Å². The van der Waals surface area contributed by atoms with Crippen LogP contribution < -0.4 is 5.32 Å². The molecule has 0 aromatic heterocycles. The van der Waals surface area contributed by atoms with Crippen molar-refractivity contribution in [1.29, 1.82) is 0 Å². The van der Waals surface area contributed by atoms with Crippen molar-refractivity contribution in [3.05, 3.63) is 35.9 Å². The second-order valence-electron chi connectivity index (χ2n) is 12.4. The third kappa shape index (κ3) is 9.61. The number of benzene rings is 1. The van der Waals surface area contributed by atoms with Crippen LogP contribution in [0.5, 0.6) is 0 Å². The van der Waals surface area contributed by atoms with Gasteiger partial charge >= 0.3 is 24.1 Å². The molecule has 0 radical (unpaired) electrons. The number of ether oxygens (including phenoxy) is 2. The molecule has 11 heteroatoms. The largest absolute Gasteiger partial charge is 0.471 e. The predicted octanol–water partition coefficient (Wildman–Crippen LogP) is 5.45. The van der Waals surface area contributed by atoms with Gasteiger partial charge in [-0.05, 0) is 89.7 Å². The number of unbranched alkanes of at least 4 members (excludes halogenated alkanes) is 1. The lowest BCUT2D eigenvalue weighted by Crippen LogP contribution is -2.56. The van der Waals surface area contributed by atoms with Gasteiger partial charge in [-0.3, -0.25) is 9.69 Å². The minimum Gasteiger partial charge on any atom is -0.467 e. The van der Waals surface area contributed by atoms with Crippen molar-refractivity contribution in [2.45, 2.75) is 103 Å². The summed E-state index contributed by atoms with van der Waals surface area (Å²) >= 11 is 0. The number of esters is 1. The van der Waals surface area contributed by atoms with E-state index in [9.17, 15) is 27.6 Å². The molecule has 8 nitrogen and oxygen atoms in total. The van der Waals surface area contributed by atoms with Crippen molar-refractivity contribution < 1.29 is 37.0 Å². The van der Waals surface area contributed by atoms with Gasteiger partial charge in [-0.25, -0.2) is 9.59 Å². The molecule has 1 aliphatic heterocycles. The van der Waals surface area contributed by atoms with Crippen LogP contribution in [0.25, 0.3) is 0 Å². The van der Waals surface area contributed by atoms with Crippen molar-refractivity contribution >= 4 is 18.0 Å². The average molecular weight is 584 g/mol. The number of rotatable bonds is 10. The number of hydrogen-bond acceptors (Lipinski definition) is 6. The van der Waals surface area contributed by atoms with Gasteiger partial charge < -0.3 is 19.7 Å². The highest BCUT2D eigenvalue weighted by Crippen LogP contribution is 2.46. The Balaban J connectivity index is 1.63. The number of alkyl carbamates (subject to hydrolysis) is 1. The van der Waals surface area contributed by atoms with E-state index >= 15 is 0 Å². The Kier molecular flexibility index (Phi) is 11.1. The monoisotopic (exact) mass is 583 g/mol. The normalized spacial score (nSPS) is 22.3. The van der Waals surface area contributed by atoms with Crippen LogP contribution in [0.1, 0.15) is 77.7 Å². The lowest BCUT2D eigenvalue weighted by molar-refractivity contribution is -0.194. The number of likely N-dealkylation sites (tertiary alicyclic amines) is 1. The van der Waals surface area contributed by atoms with Gasteiger partial charge in [0.1, 0.15) is 11.6 Å². The molecule has 2 amide bonds. The van der Waals surface area contributed by atoms with Gasteiger partial charge in [0.15, 0.2) is 0 Å². The van der Waals surface area contributed by atoms with E-state index < -0.39 is 41.8 Å². The Morgan fingerprint density at radius 2 is 1.73 bits per heavy atom. The van der Waals surface area contributed by atoms with Gasteiger partial charge in [-0.15, -0.1) is 0 Å². The molecule has 1 spiro atoms. The number of hydrogen-bond donors (Lipinski definition) is 1. The highest BCUT2D eigenvalue weighted by molar-refractivity contribution is 5.88. The third-order valence-corrected chi connectivity index (χ3v) is 8.03. The van der Waals surface area contributed by atoms with Gasteiger partial charge in [0.2, 0.25) is 0 Å². The van der Waals surface area contributed by atoms with Crippen LogP contribution in [0.15, 0.2) is 30.3 Å². The summed E-state index contributed by atoms with van der Waals surface area (Å²) in [5.74, 6) is -2.87. The van der Waals surface area contributed by atoms with Crippen molar-refractivity contribution in [3.63, 3.8) is 0 Å². The summed E-state index contributed by atoms with van der Waals surface area (Å²) in [5, 5.41) is 2.60. The van der Waals surface area contributed by atoms with Crippen molar-refractivity contribution in [1.82, 2.24) is 15.1 Å². The lowest BCUT2D eigenvalue weighted by atomic mass is 9.71. The quantitative estimate of drug-likeness (QED) is 0.291. The van der Waals surface area contributed by atoms with E-state index in [1.54, 1.807) is 20.8 Å². The number of carbonyl (C=O) groups excluding carboxylic acids is 3. The SMILES string of the molecule is COC(=O)[C@@H](CCCCNC(=O)OC(C)(C)C)N(C(=O)C(F)(F)F)C1CCC2(CC1)CCN(Cc1ccccc1)C2. The van der Waals surface area contributed by atoms with E-state index in [4.69, 9.17) is 9.47 Å². The molecule has 3 rings (SSSR count). The van der Waals surface area contributed by atoms with Crippen LogP contribution in [-0.2, 0) is 25.6 Å². The van der Waals surface area contributed by atoms with E-state index in [1.807, 2.05) is 18.2 Å². The van der Waals surface area contributed by atoms with Gasteiger partial charge in [0.05, 0.1) is 7.11 Å². The molecule has 0 bridgehead atoms. The molecule has 2 fully saturated rings. The molecule has 230 valence electrons. The maximum absolute atomic E-state index is 13.8. The topological polar surface area (TPSA) is 88.2 Å². The van der Waals surface area contributed by atoms with Crippen LogP contribution in [-0.4, -0.2) is 78.4 Å². The summed E-state index contributed by atoms with van der Waals surface area (Å²) < 4.78 is 51.4. The zero-order valence-electron chi connectivity index (χ0n) is 24.6. The summed E-state index contributed by atoms with van der Waals surface area (Å²) in [5.41, 5.74) is 0.574. The fraction of sp³-hybridized carbons (Fsp3) is 0.700. The minimum absolute atomic E-state index is 0.00299. The van der Waals surface area contributed by atoms with Crippen LogP contribution in [0.3, 0.4) is 0 Å². The molecule has 1 aromatic carbocycles. The van der Waals surface area contributed by atoms with Crippen molar-refractivity contribution in [3.8, 4) is 0 Å². The Morgan fingerprint density at radius 3 is 2.32 bits per heavy atom. The molecular weight excluding hydrogens is 539 g/mol. The Bertz CT molecular complexity index is 1020. The van der Waals surface area contributed by atoms with Crippen LogP contribution in [0, 0.1) is 5.41 Å². The van der Waals surface area contributed by atoms with Gasteiger partial charge in [0.25, 0.3) is 0 Å². The first-order chi connectivity index (χ1) is 19.2. The first kappa shape index (κ1) is 32.7. The molecule has 0 unspecified atom stereocenters. The highest BCUT2D eigenvalue weighted by atomic mass is 19.4. The number of methoxy groups -OCH3 is 1. The third-order valence-electron chi connectivity index (χ3n) is 8.03. The fourth-order valence-corrected chi connectivity index (χ4v) is 6.09. The van der Waals surface area contributed by atoms with Crippen LogP contribution in [0.2, 0.25) is 0 Å². The number of alkyl halides is 3. The zero-order chi connectivity index (χ0) is 30.3. The molecule has 41 heavy (non-hydrogen) atoms. The zero-order valence-corrected chi connectivity index (χ0v) is 24.6. The Morgan fingerprint density at radius 1 is 1.07 bits per heavy atom. The average Bonchev–Trinajstić information content (AvgIpc) is 3.28. The van der Waals surface area contributed by atoms with Gasteiger partial charge in [-0.1, -0.05) is 30.3 Å². The Hall–Kier alpha value is -2.82. The summed E-state index contributed by atoms with van der Waals surface area (Å²) in [6.45, 7) is 8.06. The molecule has 1 aliphatic carbocycles. The number of halogens is 3. The van der Waals surface area contributed by atoms with Crippen molar-refractivity contribution in [2.24, 2.45) is 5.41 Å². The molecule has 1 atom stereocenters. The number of nitrogens with one attached hydrogen (secondary N) is 1. The number of carbonyl (C=O) groups is 3. The maximum Gasteiger partial charge on any atom is 0.471 e. The minimum atomic E-state index is -5.11. The smallest absolute Gasteiger partial charge is 0.467 e. The fourth-order valence-electron chi connectivity index (χ4n) is 6.09. The van der Waals surface area contributed by atoms with E-state index in [0.29, 0.717) is 38.5 Å². The molecule has 1 heterocycles. The molecule has 1 saturated heterocycles. The number of nitrogens with zero attached hydrogens (tertiary/aromatic N) is 2. The summed E-state index contributed by atoms with van der Waals surface area (Å²) in [7, 11) is 1.12. The molecule has 1 N–H and O–H groups in total. The molecule has 1 saturated carbocycles. The maximum atomic E-state index is 13.8. The van der Waals surface area contributed by atoms with Gasteiger partial charge in [0, 0.05) is 25.7 Å². The molecule has 1 aromatic rings. The first-order valence-electron chi connectivity index (χ1n) is 14.4. The lowest BCUT2D eigenvalue weighted by Gasteiger charge is -2.44. The second-order valence-corrected chi connectivity index (χ2v) is 12.4. The predicted molar refractivity (Wildman–Crippen MR) is 148 cm³/mol. The first-order valence-corrected chi connectivity index (χ1v) is 14.4. The Labute approximate surface area is 240 Å². The summed E-state index contributed by atoms with van der Waals surface area (Å²) in [4.78, 5) is 40.4. The van der Waals surface area contributed by atoms with E-state index in [0.717, 1.165) is 38.1 Å². The van der Waals surface area contributed by atoms with Crippen LogP contribution >= 0.6 is 0 Å². The summed E-state index contributed by atoms with van der Waals surface area (Å²) in [6.07, 6.45) is -1.86. The van der Waals surface area contributed by atoms with Gasteiger partial charge in [-0.2, -0.15) is 13.2 Å². The van der Waals surface area contributed by atoms with Crippen molar-refractivity contribution in [2.75, 3.05) is 26.7 Å². The van der Waals surface area contributed by atoms with Crippen LogP contribution in [0.4, 0.5) is 18.0 Å². The summed E-state index contributed by atoms with van der Waals surface area (Å²) in [6, 6.07) is 8.11. The van der Waals surface area contributed by atoms with E-state index in [-0.39, 0.29) is 18.4 Å².